The molecule has 2 aliphatic rings. The Morgan fingerprint density at radius 3 is 2.92 bits per heavy atom. The van der Waals surface area contributed by atoms with Gasteiger partial charge >= 0.3 is 0 Å². The number of nitrogens with zero attached hydrogens (tertiary/aromatic N) is 1. The highest BCUT2D eigenvalue weighted by atomic mass is 16.5. The number of nitrogens with one attached hydrogen (secondary N) is 1. The van der Waals surface area contributed by atoms with Crippen molar-refractivity contribution in [2.24, 2.45) is 0 Å². The lowest BCUT2D eigenvalue weighted by Gasteiger charge is -2.39. The monoisotopic (exact) mass is 350 g/mol. The zero-order chi connectivity index (χ0) is 18.1. The number of amides is 1. The van der Waals surface area contributed by atoms with Crippen molar-refractivity contribution in [3.8, 4) is 11.5 Å². The van der Waals surface area contributed by atoms with Crippen molar-refractivity contribution in [1.82, 2.24) is 4.90 Å². The summed E-state index contributed by atoms with van der Waals surface area (Å²) in [5, 5.41) is 3.52. The highest BCUT2D eigenvalue weighted by molar-refractivity contribution is 6.02. The molecule has 5 heteroatoms. The van der Waals surface area contributed by atoms with Crippen LogP contribution in [0.3, 0.4) is 0 Å². The highest BCUT2D eigenvalue weighted by Gasteiger charge is 2.34. The molecule has 0 aliphatic carbocycles. The third-order valence-corrected chi connectivity index (χ3v) is 4.79. The van der Waals surface area contributed by atoms with E-state index in [0.29, 0.717) is 13.2 Å². The molecule has 1 N–H and O–H groups in total. The highest BCUT2D eigenvalue weighted by Crippen LogP contribution is 2.34. The summed E-state index contributed by atoms with van der Waals surface area (Å²) in [6.07, 6.45) is 2.81. The number of fused-ring (bicyclic) bond motifs is 2. The third kappa shape index (κ3) is 2.79. The van der Waals surface area contributed by atoms with Crippen LogP contribution in [0.25, 0.3) is 6.08 Å². The normalized spacial score (nSPS) is 18.2. The molecule has 0 spiro atoms. The van der Waals surface area contributed by atoms with Gasteiger partial charge in [0.15, 0.2) is 0 Å². The summed E-state index contributed by atoms with van der Waals surface area (Å²) in [5.74, 6) is 1.64. The van der Waals surface area contributed by atoms with Crippen LogP contribution < -0.4 is 14.8 Å². The fraction of sp³-hybridized carbons (Fsp3) is 0.286. The Kier molecular flexibility index (Phi) is 4.29. The lowest BCUT2D eigenvalue weighted by Crippen LogP contribution is -2.51. The fourth-order valence-corrected chi connectivity index (χ4v) is 3.50. The van der Waals surface area contributed by atoms with Crippen LogP contribution in [0.2, 0.25) is 0 Å². The molecule has 134 valence electrons. The van der Waals surface area contributed by atoms with E-state index in [1.165, 1.54) is 0 Å². The molecule has 0 saturated carbocycles. The molecule has 1 amide bonds. The Balaban J connectivity index is 1.71. The van der Waals surface area contributed by atoms with Gasteiger partial charge in [0.2, 0.25) is 0 Å². The molecule has 2 aromatic carbocycles. The van der Waals surface area contributed by atoms with E-state index in [2.05, 4.69) is 18.3 Å². The van der Waals surface area contributed by atoms with Gasteiger partial charge < -0.3 is 19.7 Å². The van der Waals surface area contributed by atoms with Crippen molar-refractivity contribution < 1.29 is 14.3 Å². The second-order valence-electron chi connectivity index (χ2n) is 6.50. The molecule has 2 heterocycles. The van der Waals surface area contributed by atoms with Crippen LogP contribution in [0, 0.1) is 0 Å². The molecule has 2 aromatic rings. The summed E-state index contributed by atoms with van der Waals surface area (Å²) in [6.45, 7) is 3.21. The number of carbonyl (C=O) groups is 1. The summed E-state index contributed by atoms with van der Waals surface area (Å²) in [6, 6.07) is 13.5. The SMILES string of the molecule is CCCN1C(=O)c2ccccc2N[C@H]1C1=Cc2ccc(OC)cc2OC1. The van der Waals surface area contributed by atoms with E-state index in [0.717, 1.165) is 40.3 Å². The first-order valence-electron chi connectivity index (χ1n) is 8.89. The van der Waals surface area contributed by atoms with Crippen molar-refractivity contribution in [2.75, 3.05) is 25.6 Å². The summed E-state index contributed by atoms with van der Waals surface area (Å²) in [4.78, 5) is 14.9. The van der Waals surface area contributed by atoms with Crippen molar-refractivity contribution in [2.45, 2.75) is 19.5 Å². The Bertz CT molecular complexity index is 875. The Labute approximate surface area is 153 Å². The quantitative estimate of drug-likeness (QED) is 0.912. The summed E-state index contributed by atoms with van der Waals surface area (Å²) in [5.41, 5.74) is 3.63. The van der Waals surface area contributed by atoms with Gasteiger partial charge in [-0.25, -0.2) is 0 Å². The number of benzene rings is 2. The van der Waals surface area contributed by atoms with Gasteiger partial charge in [0.25, 0.3) is 5.91 Å². The molecule has 0 fully saturated rings. The molecule has 0 bridgehead atoms. The Morgan fingerprint density at radius 2 is 2.12 bits per heavy atom. The minimum Gasteiger partial charge on any atom is -0.497 e. The van der Waals surface area contributed by atoms with Gasteiger partial charge in [0, 0.05) is 29.4 Å². The summed E-state index contributed by atoms with van der Waals surface area (Å²) in [7, 11) is 1.64. The molecule has 0 aromatic heterocycles. The van der Waals surface area contributed by atoms with Gasteiger partial charge in [-0.1, -0.05) is 19.1 Å². The van der Waals surface area contributed by atoms with Crippen LogP contribution in [-0.2, 0) is 0 Å². The van der Waals surface area contributed by atoms with Crippen LogP contribution in [0.1, 0.15) is 29.3 Å². The zero-order valence-electron chi connectivity index (χ0n) is 15.0. The molecular weight excluding hydrogens is 328 g/mol. The number of para-hydroxylation sites is 1. The van der Waals surface area contributed by atoms with Crippen molar-refractivity contribution in [1.29, 1.82) is 0 Å². The Morgan fingerprint density at radius 1 is 1.27 bits per heavy atom. The lowest BCUT2D eigenvalue weighted by atomic mass is 10.00. The maximum Gasteiger partial charge on any atom is 0.257 e. The predicted molar refractivity (Wildman–Crippen MR) is 102 cm³/mol. The second-order valence-corrected chi connectivity index (χ2v) is 6.50. The third-order valence-electron chi connectivity index (χ3n) is 4.79. The number of hydrogen-bond acceptors (Lipinski definition) is 4. The van der Waals surface area contributed by atoms with Gasteiger partial charge in [-0.15, -0.1) is 0 Å². The van der Waals surface area contributed by atoms with Crippen LogP contribution in [0.4, 0.5) is 5.69 Å². The molecule has 0 radical (unpaired) electrons. The minimum atomic E-state index is -0.201. The maximum atomic E-state index is 13.0. The summed E-state index contributed by atoms with van der Waals surface area (Å²) >= 11 is 0. The molecule has 5 nitrogen and oxygen atoms in total. The first-order valence-corrected chi connectivity index (χ1v) is 8.89. The van der Waals surface area contributed by atoms with Crippen LogP contribution in [-0.4, -0.2) is 37.2 Å². The molecule has 0 saturated heterocycles. The largest absolute Gasteiger partial charge is 0.497 e. The van der Waals surface area contributed by atoms with Gasteiger partial charge in [-0.2, -0.15) is 0 Å². The smallest absolute Gasteiger partial charge is 0.257 e. The van der Waals surface area contributed by atoms with E-state index in [1.807, 2.05) is 47.4 Å². The average molecular weight is 350 g/mol. The van der Waals surface area contributed by atoms with Crippen molar-refractivity contribution >= 4 is 17.7 Å². The molecule has 0 unspecified atom stereocenters. The van der Waals surface area contributed by atoms with Gasteiger partial charge in [-0.3, -0.25) is 4.79 Å². The summed E-state index contributed by atoms with van der Waals surface area (Å²) < 4.78 is 11.2. The fourth-order valence-electron chi connectivity index (χ4n) is 3.50. The van der Waals surface area contributed by atoms with E-state index in [4.69, 9.17) is 9.47 Å². The number of ether oxygens (including phenoxy) is 2. The average Bonchev–Trinajstić information content (AvgIpc) is 2.69. The molecule has 1 atom stereocenters. The van der Waals surface area contributed by atoms with E-state index < -0.39 is 0 Å². The topological polar surface area (TPSA) is 50.8 Å². The predicted octanol–water partition coefficient (Wildman–Crippen LogP) is 3.78. The van der Waals surface area contributed by atoms with E-state index in [1.54, 1.807) is 7.11 Å². The van der Waals surface area contributed by atoms with Gasteiger partial charge in [0.05, 0.1) is 12.7 Å². The molecular formula is C21H22N2O3. The standard InChI is InChI=1S/C21H22N2O3/c1-3-10-23-20(22-18-7-5-4-6-17(18)21(23)24)15-11-14-8-9-16(25-2)12-19(14)26-13-15/h4-9,11-12,20,22H,3,10,13H2,1-2H3/t20-/m1/s1. The van der Waals surface area contributed by atoms with Gasteiger partial charge in [-0.05, 0) is 36.8 Å². The zero-order valence-corrected chi connectivity index (χ0v) is 15.0. The second kappa shape index (κ2) is 6.75. The van der Waals surface area contributed by atoms with Crippen molar-refractivity contribution in [3.63, 3.8) is 0 Å². The lowest BCUT2D eigenvalue weighted by molar-refractivity contribution is 0.0703. The van der Waals surface area contributed by atoms with Crippen molar-refractivity contribution in [3.05, 3.63) is 59.2 Å². The first-order chi connectivity index (χ1) is 12.7. The first kappa shape index (κ1) is 16.5. The Hall–Kier alpha value is -2.95. The van der Waals surface area contributed by atoms with Crippen LogP contribution >= 0.6 is 0 Å². The van der Waals surface area contributed by atoms with E-state index in [9.17, 15) is 4.79 Å². The van der Waals surface area contributed by atoms with E-state index >= 15 is 0 Å². The maximum absolute atomic E-state index is 13.0. The number of methoxy groups -OCH3 is 1. The molecule has 4 rings (SSSR count). The number of anilines is 1. The number of carbonyl (C=O) groups excluding carboxylic acids is 1. The number of rotatable bonds is 4. The van der Waals surface area contributed by atoms with E-state index in [-0.39, 0.29) is 12.1 Å². The molecule has 2 aliphatic heterocycles. The van der Waals surface area contributed by atoms with Crippen LogP contribution in [0.5, 0.6) is 11.5 Å². The number of hydrogen-bond donors (Lipinski definition) is 1. The van der Waals surface area contributed by atoms with Gasteiger partial charge in [0.1, 0.15) is 24.3 Å². The minimum absolute atomic E-state index is 0.0626. The van der Waals surface area contributed by atoms with Crippen LogP contribution in [0.15, 0.2) is 48.0 Å². The molecule has 26 heavy (non-hydrogen) atoms.